The van der Waals surface area contributed by atoms with Crippen LogP contribution in [0.25, 0.3) is 0 Å². The predicted molar refractivity (Wildman–Crippen MR) is 99.0 cm³/mol. The lowest BCUT2D eigenvalue weighted by molar-refractivity contribution is -0.133. The molecule has 9 heteroatoms. The first-order valence-electron chi connectivity index (χ1n) is 9.43. The molecule has 0 aromatic heterocycles. The molecule has 4 atom stereocenters. The molecule has 1 aliphatic heterocycles. The summed E-state index contributed by atoms with van der Waals surface area (Å²) in [6, 6.07) is -1.12. The minimum Gasteiger partial charge on any atom is -0.478 e. The highest BCUT2D eigenvalue weighted by Crippen LogP contribution is 2.27. The Kier molecular flexibility index (Phi) is 7.61. The molecule has 0 aromatic rings. The third-order valence-electron chi connectivity index (χ3n) is 5.04. The van der Waals surface area contributed by atoms with Gasteiger partial charge in [0, 0.05) is 37.5 Å². The molecule has 5 N–H and O–H groups in total. The molecule has 0 bridgehead atoms. The van der Waals surface area contributed by atoms with Crippen molar-refractivity contribution in [3.63, 3.8) is 0 Å². The van der Waals surface area contributed by atoms with E-state index in [1.165, 1.54) is 6.92 Å². The van der Waals surface area contributed by atoms with Crippen molar-refractivity contribution >= 4 is 18.0 Å². The van der Waals surface area contributed by atoms with E-state index < -0.39 is 18.1 Å². The number of ether oxygens (including phenoxy) is 1. The topological polar surface area (TPSA) is 134 Å². The smallest absolute Gasteiger partial charge is 0.407 e. The van der Waals surface area contributed by atoms with Crippen LogP contribution in [0.3, 0.4) is 0 Å². The molecule has 9 nitrogen and oxygen atoms in total. The standard InChI is InChI=1S/C18H30N4O5/c1-3-20-18(26)27-10-12-5-4-6-22(9-12)15-8-13(17(24)25)7-14(19)16(15)21-11(2)23/h8,12,14-16H,3-7,9-10,19H2,1-2H3,(H,20,26)(H,21,23)(H,24,25)/t12-,14-,15+,16+/m0/s1. The van der Waals surface area contributed by atoms with Gasteiger partial charge in [0.05, 0.1) is 18.7 Å². The number of amides is 2. The van der Waals surface area contributed by atoms with Gasteiger partial charge < -0.3 is 26.2 Å². The van der Waals surface area contributed by atoms with Gasteiger partial charge in [0.2, 0.25) is 5.91 Å². The average molecular weight is 382 g/mol. The van der Waals surface area contributed by atoms with Gasteiger partial charge in [-0.1, -0.05) is 6.08 Å². The Hall–Kier alpha value is -2.13. The Balaban J connectivity index is 2.10. The second kappa shape index (κ2) is 9.70. The lowest BCUT2D eigenvalue weighted by Crippen LogP contribution is -2.62. The van der Waals surface area contributed by atoms with E-state index in [1.54, 1.807) is 6.08 Å². The molecule has 1 heterocycles. The van der Waals surface area contributed by atoms with Crippen molar-refractivity contribution in [2.24, 2.45) is 11.7 Å². The fourth-order valence-electron chi connectivity index (χ4n) is 3.82. The second-order valence-electron chi connectivity index (χ2n) is 7.21. The third-order valence-corrected chi connectivity index (χ3v) is 5.04. The first-order valence-corrected chi connectivity index (χ1v) is 9.43. The monoisotopic (exact) mass is 382 g/mol. The van der Waals surface area contributed by atoms with Crippen LogP contribution in [0.5, 0.6) is 0 Å². The fourth-order valence-corrected chi connectivity index (χ4v) is 3.82. The van der Waals surface area contributed by atoms with Gasteiger partial charge >= 0.3 is 12.1 Å². The van der Waals surface area contributed by atoms with Gasteiger partial charge in [-0.25, -0.2) is 9.59 Å². The highest BCUT2D eigenvalue weighted by Gasteiger charge is 2.38. The van der Waals surface area contributed by atoms with E-state index in [0.717, 1.165) is 19.4 Å². The molecule has 1 fully saturated rings. The molecule has 0 spiro atoms. The highest BCUT2D eigenvalue weighted by atomic mass is 16.5. The average Bonchev–Trinajstić information content (AvgIpc) is 2.61. The summed E-state index contributed by atoms with van der Waals surface area (Å²) in [6.07, 6.45) is 3.32. The number of hydrogen-bond acceptors (Lipinski definition) is 6. The van der Waals surface area contributed by atoms with Gasteiger partial charge in [0.1, 0.15) is 0 Å². The minimum atomic E-state index is -0.982. The first-order chi connectivity index (χ1) is 12.8. The third kappa shape index (κ3) is 5.93. The van der Waals surface area contributed by atoms with Crippen LogP contribution in [0, 0.1) is 5.92 Å². The summed E-state index contributed by atoms with van der Waals surface area (Å²) in [7, 11) is 0. The lowest BCUT2D eigenvalue weighted by Gasteiger charge is -2.44. The van der Waals surface area contributed by atoms with Crippen molar-refractivity contribution in [1.82, 2.24) is 15.5 Å². The van der Waals surface area contributed by atoms with E-state index in [1.807, 2.05) is 6.92 Å². The summed E-state index contributed by atoms with van der Waals surface area (Å²) in [4.78, 5) is 36.7. The van der Waals surface area contributed by atoms with Crippen molar-refractivity contribution in [2.75, 3.05) is 26.2 Å². The van der Waals surface area contributed by atoms with Crippen LogP contribution >= 0.6 is 0 Å². The summed E-state index contributed by atoms with van der Waals surface area (Å²) < 4.78 is 5.25. The molecular formula is C18H30N4O5. The van der Waals surface area contributed by atoms with Crippen molar-refractivity contribution in [1.29, 1.82) is 0 Å². The zero-order valence-corrected chi connectivity index (χ0v) is 15.9. The molecule has 0 radical (unpaired) electrons. The van der Waals surface area contributed by atoms with Crippen LogP contribution in [0.2, 0.25) is 0 Å². The number of aliphatic carboxylic acids is 1. The number of alkyl carbamates (subject to hydrolysis) is 1. The van der Waals surface area contributed by atoms with Gasteiger partial charge in [-0.3, -0.25) is 9.69 Å². The number of hydrogen-bond donors (Lipinski definition) is 4. The van der Waals surface area contributed by atoms with E-state index in [2.05, 4.69) is 15.5 Å². The van der Waals surface area contributed by atoms with Gasteiger partial charge in [-0.05, 0) is 32.7 Å². The van der Waals surface area contributed by atoms with Gasteiger partial charge in [-0.2, -0.15) is 0 Å². The van der Waals surface area contributed by atoms with Gasteiger partial charge in [-0.15, -0.1) is 0 Å². The molecule has 0 saturated carbocycles. The molecule has 0 unspecified atom stereocenters. The first kappa shape index (κ1) is 21.2. The van der Waals surface area contributed by atoms with Crippen LogP contribution in [0.1, 0.15) is 33.1 Å². The maximum Gasteiger partial charge on any atom is 0.407 e. The highest BCUT2D eigenvalue weighted by molar-refractivity contribution is 5.87. The van der Waals surface area contributed by atoms with Crippen LogP contribution in [0.4, 0.5) is 4.79 Å². The molecule has 0 aromatic carbocycles. The number of carboxylic acids is 1. The molecular weight excluding hydrogens is 352 g/mol. The quantitative estimate of drug-likeness (QED) is 0.510. The Morgan fingerprint density at radius 3 is 2.78 bits per heavy atom. The largest absolute Gasteiger partial charge is 0.478 e. The summed E-state index contributed by atoms with van der Waals surface area (Å²) >= 11 is 0. The minimum absolute atomic E-state index is 0.152. The van der Waals surface area contributed by atoms with Gasteiger partial charge in [0.25, 0.3) is 0 Å². The van der Waals surface area contributed by atoms with Crippen molar-refractivity contribution < 1.29 is 24.2 Å². The molecule has 2 rings (SSSR count). The number of carboxylic acid groups (broad SMARTS) is 1. The number of carbonyl (C=O) groups excluding carboxylic acids is 2. The van der Waals surface area contributed by atoms with Crippen LogP contribution in [-0.4, -0.2) is 72.3 Å². The maximum absolute atomic E-state index is 11.6. The number of piperidine rings is 1. The number of nitrogens with two attached hydrogens (primary N) is 1. The number of carbonyl (C=O) groups is 3. The predicted octanol–water partition coefficient (Wildman–Crippen LogP) is 0.0598. The van der Waals surface area contributed by atoms with Crippen molar-refractivity contribution in [3.8, 4) is 0 Å². The number of nitrogens with one attached hydrogen (secondary N) is 2. The SMILES string of the molecule is CCNC(=O)OC[C@H]1CCCN([C@@H]2C=C(C(=O)O)C[C@H](N)[C@H]2NC(C)=O)C1. The Morgan fingerprint density at radius 2 is 2.15 bits per heavy atom. The molecule has 152 valence electrons. The maximum atomic E-state index is 11.6. The lowest BCUT2D eigenvalue weighted by atomic mass is 9.84. The summed E-state index contributed by atoms with van der Waals surface area (Å²) in [5.74, 6) is -1.02. The zero-order valence-electron chi connectivity index (χ0n) is 15.9. The van der Waals surface area contributed by atoms with Crippen LogP contribution in [-0.2, 0) is 14.3 Å². The summed E-state index contributed by atoms with van der Waals surface area (Å²) in [5.41, 5.74) is 6.47. The molecule has 2 aliphatic rings. The van der Waals surface area contributed by atoms with Crippen molar-refractivity contribution in [3.05, 3.63) is 11.6 Å². The fraction of sp³-hybridized carbons (Fsp3) is 0.722. The number of nitrogens with zero attached hydrogens (tertiary/aromatic N) is 1. The Morgan fingerprint density at radius 1 is 1.41 bits per heavy atom. The molecule has 2 amide bonds. The normalized spacial score (nSPS) is 28.8. The number of rotatable bonds is 6. The van der Waals surface area contributed by atoms with E-state index in [4.69, 9.17) is 10.5 Å². The Bertz CT molecular complexity index is 594. The van der Waals surface area contributed by atoms with E-state index in [0.29, 0.717) is 19.7 Å². The van der Waals surface area contributed by atoms with E-state index in [9.17, 15) is 19.5 Å². The second-order valence-corrected chi connectivity index (χ2v) is 7.21. The molecule has 1 saturated heterocycles. The zero-order chi connectivity index (χ0) is 20.0. The van der Waals surface area contributed by atoms with E-state index in [-0.39, 0.29) is 35.9 Å². The summed E-state index contributed by atoms with van der Waals surface area (Å²) in [6.45, 7) is 5.49. The van der Waals surface area contributed by atoms with Crippen LogP contribution < -0.4 is 16.4 Å². The van der Waals surface area contributed by atoms with Gasteiger partial charge in [0.15, 0.2) is 0 Å². The Labute approximate surface area is 159 Å². The summed E-state index contributed by atoms with van der Waals surface area (Å²) in [5, 5.41) is 14.9. The molecule has 1 aliphatic carbocycles. The van der Waals surface area contributed by atoms with Crippen molar-refractivity contribution in [2.45, 2.75) is 51.2 Å². The van der Waals surface area contributed by atoms with Crippen LogP contribution in [0.15, 0.2) is 11.6 Å². The molecule has 27 heavy (non-hydrogen) atoms. The van der Waals surface area contributed by atoms with E-state index >= 15 is 0 Å². The number of likely N-dealkylation sites (tertiary alicyclic amines) is 1.